The van der Waals surface area contributed by atoms with Gasteiger partial charge in [0, 0.05) is 6.04 Å². The Labute approximate surface area is 113 Å². The lowest BCUT2D eigenvalue weighted by Gasteiger charge is -2.67. The molecule has 4 saturated carbocycles. The van der Waals surface area contributed by atoms with Crippen LogP contribution in [0.5, 0.6) is 0 Å². The van der Waals surface area contributed by atoms with Crippen LogP contribution in [0.2, 0.25) is 0 Å². The zero-order valence-corrected chi connectivity index (χ0v) is 12.8. The molecule has 18 heavy (non-hydrogen) atoms. The summed E-state index contributed by atoms with van der Waals surface area (Å²) in [6.07, 6.45) is 11.8. The second-order valence-corrected chi connectivity index (χ2v) is 8.62. The van der Waals surface area contributed by atoms with Crippen molar-refractivity contribution in [3.05, 3.63) is 0 Å². The quantitative estimate of drug-likeness (QED) is 0.780. The number of nitrogens with one attached hydrogen (secondary N) is 1. The van der Waals surface area contributed by atoms with Crippen molar-refractivity contribution in [3.8, 4) is 0 Å². The van der Waals surface area contributed by atoms with Gasteiger partial charge >= 0.3 is 0 Å². The van der Waals surface area contributed by atoms with Crippen LogP contribution in [0.1, 0.15) is 72.1 Å². The van der Waals surface area contributed by atoms with Gasteiger partial charge in [-0.05, 0) is 74.2 Å². The van der Waals surface area contributed by atoms with E-state index in [-0.39, 0.29) is 0 Å². The number of rotatable bonds is 4. The van der Waals surface area contributed by atoms with Crippen molar-refractivity contribution in [2.45, 2.75) is 78.2 Å². The fourth-order valence-electron chi connectivity index (χ4n) is 6.97. The monoisotopic (exact) mass is 249 g/mol. The Bertz CT molecular complexity index is 317. The Hall–Kier alpha value is -0.0400. The van der Waals surface area contributed by atoms with Gasteiger partial charge in [0.2, 0.25) is 0 Å². The van der Waals surface area contributed by atoms with E-state index in [1.165, 1.54) is 51.4 Å². The summed E-state index contributed by atoms with van der Waals surface area (Å²) >= 11 is 0. The van der Waals surface area contributed by atoms with Crippen molar-refractivity contribution < 1.29 is 0 Å². The van der Waals surface area contributed by atoms with Gasteiger partial charge in [-0.25, -0.2) is 0 Å². The highest BCUT2D eigenvalue weighted by atomic mass is 14.9. The molecule has 4 aliphatic carbocycles. The molecule has 3 atom stereocenters. The molecule has 0 spiro atoms. The first-order valence-electron chi connectivity index (χ1n) is 8.10. The standard InChI is InChI=1S/C17H31N/c1-5-6-14(18-4)17-9-13-7-15(2,11-17)10-16(3,8-13)12-17/h13-14,18H,5-12H2,1-4H3. The summed E-state index contributed by atoms with van der Waals surface area (Å²) in [6, 6.07) is 0.768. The molecule has 1 N–H and O–H groups in total. The lowest BCUT2D eigenvalue weighted by Crippen LogP contribution is -2.61. The molecule has 0 heterocycles. The molecule has 0 radical (unpaired) electrons. The number of hydrogen-bond acceptors (Lipinski definition) is 1. The van der Waals surface area contributed by atoms with E-state index >= 15 is 0 Å². The fourth-order valence-corrected chi connectivity index (χ4v) is 6.97. The molecule has 4 bridgehead atoms. The zero-order valence-electron chi connectivity index (χ0n) is 12.8. The molecule has 4 rings (SSSR count). The largest absolute Gasteiger partial charge is 0.316 e. The highest BCUT2D eigenvalue weighted by Gasteiger charge is 2.61. The molecule has 0 amide bonds. The van der Waals surface area contributed by atoms with Gasteiger partial charge in [0.25, 0.3) is 0 Å². The third-order valence-corrected chi connectivity index (χ3v) is 6.33. The second kappa shape index (κ2) is 3.98. The minimum absolute atomic E-state index is 0.633. The van der Waals surface area contributed by atoms with E-state index in [9.17, 15) is 0 Å². The van der Waals surface area contributed by atoms with Gasteiger partial charge < -0.3 is 5.32 Å². The summed E-state index contributed by atoms with van der Waals surface area (Å²) < 4.78 is 0. The molecular formula is C17H31N. The first-order chi connectivity index (χ1) is 8.43. The third-order valence-electron chi connectivity index (χ3n) is 6.33. The summed E-state index contributed by atoms with van der Waals surface area (Å²) in [5.41, 5.74) is 1.96. The van der Waals surface area contributed by atoms with Gasteiger partial charge in [-0.15, -0.1) is 0 Å². The third kappa shape index (κ3) is 1.85. The normalized spacial score (nSPS) is 51.7. The van der Waals surface area contributed by atoms with Crippen LogP contribution in [0.25, 0.3) is 0 Å². The van der Waals surface area contributed by atoms with Gasteiger partial charge in [-0.1, -0.05) is 27.2 Å². The van der Waals surface area contributed by atoms with Gasteiger partial charge in [-0.3, -0.25) is 0 Å². The summed E-state index contributed by atoms with van der Waals surface area (Å²) in [5, 5.41) is 3.69. The molecule has 1 nitrogen and oxygen atoms in total. The van der Waals surface area contributed by atoms with Crippen LogP contribution in [0.4, 0.5) is 0 Å². The summed E-state index contributed by atoms with van der Waals surface area (Å²) in [5.74, 6) is 1.03. The smallest absolute Gasteiger partial charge is 0.0121 e. The average molecular weight is 249 g/mol. The molecular weight excluding hydrogens is 218 g/mol. The second-order valence-electron chi connectivity index (χ2n) is 8.62. The first-order valence-corrected chi connectivity index (χ1v) is 8.10. The van der Waals surface area contributed by atoms with E-state index in [1.54, 1.807) is 0 Å². The molecule has 4 aliphatic rings. The number of hydrogen-bond donors (Lipinski definition) is 1. The Kier molecular flexibility index (Phi) is 2.86. The van der Waals surface area contributed by atoms with E-state index in [2.05, 4.69) is 33.1 Å². The van der Waals surface area contributed by atoms with Crippen LogP contribution in [-0.2, 0) is 0 Å². The van der Waals surface area contributed by atoms with E-state index in [4.69, 9.17) is 0 Å². The average Bonchev–Trinajstić information content (AvgIpc) is 2.20. The molecule has 0 saturated heterocycles. The van der Waals surface area contributed by atoms with E-state index < -0.39 is 0 Å². The minimum atomic E-state index is 0.633. The van der Waals surface area contributed by atoms with E-state index in [1.807, 2.05) is 0 Å². The van der Waals surface area contributed by atoms with Crippen LogP contribution in [0.3, 0.4) is 0 Å². The van der Waals surface area contributed by atoms with Crippen LogP contribution >= 0.6 is 0 Å². The van der Waals surface area contributed by atoms with Gasteiger partial charge in [0.1, 0.15) is 0 Å². The van der Waals surface area contributed by atoms with Crippen molar-refractivity contribution >= 4 is 0 Å². The van der Waals surface area contributed by atoms with Crippen LogP contribution in [0.15, 0.2) is 0 Å². The maximum absolute atomic E-state index is 3.69. The highest BCUT2D eigenvalue weighted by molar-refractivity contribution is 5.13. The Morgan fingerprint density at radius 2 is 1.67 bits per heavy atom. The topological polar surface area (TPSA) is 12.0 Å². The first kappa shape index (κ1) is 13.0. The maximum atomic E-state index is 3.69. The van der Waals surface area contributed by atoms with E-state index in [0.717, 1.165) is 12.0 Å². The Balaban J connectivity index is 1.92. The molecule has 1 heteroatoms. The summed E-state index contributed by atoms with van der Waals surface area (Å²) in [6.45, 7) is 7.51. The minimum Gasteiger partial charge on any atom is -0.316 e. The Morgan fingerprint density at radius 3 is 2.11 bits per heavy atom. The molecule has 0 aromatic rings. The lowest BCUT2D eigenvalue weighted by atomic mass is 9.39. The zero-order chi connectivity index (χ0) is 13.0. The van der Waals surface area contributed by atoms with Crippen molar-refractivity contribution in [3.63, 3.8) is 0 Å². The summed E-state index contributed by atoms with van der Waals surface area (Å²) in [4.78, 5) is 0. The molecule has 0 aromatic carbocycles. The lowest BCUT2D eigenvalue weighted by molar-refractivity contribution is -0.157. The summed E-state index contributed by atoms with van der Waals surface area (Å²) in [7, 11) is 2.20. The van der Waals surface area contributed by atoms with E-state index in [0.29, 0.717) is 16.2 Å². The Morgan fingerprint density at radius 1 is 1.06 bits per heavy atom. The SMILES string of the molecule is CCCC(NC)C12CC3CC(C)(CC(C)(C3)C1)C2. The van der Waals surface area contributed by atoms with Crippen molar-refractivity contribution in [2.75, 3.05) is 7.05 Å². The predicted molar refractivity (Wildman–Crippen MR) is 77.6 cm³/mol. The molecule has 3 unspecified atom stereocenters. The maximum Gasteiger partial charge on any atom is 0.0121 e. The highest BCUT2D eigenvalue weighted by Crippen LogP contribution is 2.70. The predicted octanol–water partition coefficient (Wildman–Crippen LogP) is 4.37. The fraction of sp³-hybridized carbons (Fsp3) is 1.00. The van der Waals surface area contributed by atoms with Gasteiger partial charge in [0.05, 0.1) is 0 Å². The van der Waals surface area contributed by atoms with Crippen LogP contribution in [-0.4, -0.2) is 13.1 Å². The van der Waals surface area contributed by atoms with Gasteiger partial charge in [-0.2, -0.15) is 0 Å². The molecule has 104 valence electrons. The molecule has 0 aromatic heterocycles. The van der Waals surface area contributed by atoms with Crippen molar-refractivity contribution in [2.24, 2.45) is 22.2 Å². The van der Waals surface area contributed by atoms with Crippen molar-refractivity contribution in [1.29, 1.82) is 0 Å². The van der Waals surface area contributed by atoms with Crippen molar-refractivity contribution in [1.82, 2.24) is 5.32 Å². The van der Waals surface area contributed by atoms with Crippen LogP contribution < -0.4 is 5.32 Å². The van der Waals surface area contributed by atoms with Gasteiger partial charge in [0.15, 0.2) is 0 Å². The molecule has 0 aliphatic heterocycles. The molecule has 4 fully saturated rings. The van der Waals surface area contributed by atoms with Crippen LogP contribution in [0, 0.1) is 22.2 Å².